The van der Waals surface area contributed by atoms with Crippen molar-refractivity contribution in [1.29, 1.82) is 0 Å². The van der Waals surface area contributed by atoms with Crippen LogP contribution in [0.1, 0.15) is 16.9 Å². The van der Waals surface area contributed by atoms with Gasteiger partial charge in [0.15, 0.2) is 0 Å². The minimum Gasteiger partial charge on any atom is -0.316 e. The molecule has 5 rings (SSSR count). The lowest BCUT2D eigenvalue weighted by Gasteiger charge is -2.27. The van der Waals surface area contributed by atoms with Gasteiger partial charge in [-0.1, -0.05) is 6.07 Å². The maximum atomic E-state index is 13.8. The van der Waals surface area contributed by atoms with Crippen molar-refractivity contribution in [3.05, 3.63) is 34.0 Å². The molecular formula is C17H11F3N4S2. The second-order valence-electron chi connectivity index (χ2n) is 5.99. The Bertz CT molecular complexity index is 1060. The van der Waals surface area contributed by atoms with Crippen molar-refractivity contribution in [2.45, 2.75) is 12.6 Å². The number of halogens is 3. The smallest absolute Gasteiger partial charge is 0.316 e. The Labute approximate surface area is 154 Å². The molecule has 0 radical (unpaired) electrons. The van der Waals surface area contributed by atoms with Gasteiger partial charge in [0.05, 0.1) is 38.4 Å². The first-order valence-corrected chi connectivity index (χ1v) is 9.66. The minimum absolute atomic E-state index is 0.0713. The highest BCUT2D eigenvalue weighted by Gasteiger charge is 2.37. The summed E-state index contributed by atoms with van der Waals surface area (Å²) in [6, 6.07) is 4.71. The van der Waals surface area contributed by atoms with E-state index in [-0.39, 0.29) is 5.39 Å². The van der Waals surface area contributed by atoms with Gasteiger partial charge in [-0.25, -0.2) is 9.98 Å². The molecule has 3 aromatic rings. The number of pyridine rings is 1. The summed E-state index contributed by atoms with van der Waals surface area (Å²) in [5.74, 6) is 0.704. The Morgan fingerprint density at radius 2 is 2.12 bits per heavy atom. The Kier molecular flexibility index (Phi) is 3.45. The van der Waals surface area contributed by atoms with Crippen LogP contribution in [-0.2, 0) is 6.18 Å². The zero-order valence-corrected chi connectivity index (χ0v) is 14.9. The molecule has 0 saturated heterocycles. The molecule has 132 valence electrons. The molecule has 0 fully saturated rings. The second-order valence-corrected chi connectivity index (χ2v) is 7.93. The lowest BCUT2D eigenvalue weighted by molar-refractivity contribution is -0.136. The predicted molar refractivity (Wildman–Crippen MR) is 98.8 cm³/mol. The van der Waals surface area contributed by atoms with Gasteiger partial charge in [0.25, 0.3) is 0 Å². The van der Waals surface area contributed by atoms with Crippen molar-refractivity contribution >= 4 is 50.8 Å². The number of alkyl halides is 3. The Morgan fingerprint density at radius 3 is 2.88 bits per heavy atom. The van der Waals surface area contributed by atoms with Crippen LogP contribution in [-0.4, -0.2) is 35.1 Å². The third-order valence-electron chi connectivity index (χ3n) is 4.34. The van der Waals surface area contributed by atoms with Crippen LogP contribution in [0.25, 0.3) is 20.8 Å². The molecule has 2 aliphatic heterocycles. The zero-order chi connectivity index (χ0) is 17.9. The molecule has 0 unspecified atom stereocenters. The van der Waals surface area contributed by atoms with Gasteiger partial charge >= 0.3 is 6.18 Å². The lowest BCUT2D eigenvalue weighted by Crippen LogP contribution is -2.36. The van der Waals surface area contributed by atoms with Gasteiger partial charge < -0.3 is 4.90 Å². The molecule has 26 heavy (non-hydrogen) atoms. The molecule has 0 bridgehead atoms. The summed E-state index contributed by atoms with van der Waals surface area (Å²) in [7, 11) is 0. The topological polar surface area (TPSA) is 40.9 Å². The number of aromatic nitrogens is 1. The van der Waals surface area contributed by atoms with Crippen molar-refractivity contribution < 1.29 is 13.2 Å². The lowest BCUT2D eigenvalue weighted by atomic mass is 10.1. The van der Waals surface area contributed by atoms with E-state index in [9.17, 15) is 13.2 Å². The molecule has 0 N–H and O–H groups in total. The summed E-state index contributed by atoms with van der Waals surface area (Å²) in [6.45, 7) is 1.45. The van der Waals surface area contributed by atoms with Crippen LogP contribution in [0, 0.1) is 0 Å². The molecule has 0 atom stereocenters. The van der Waals surface area contributed by atoms with E-state index >= 15 is 0 Å². The van der Waals surface area contributed by atoms with E-state index in [2.05, 4.69) is 15.0 Å². The van der Waals surface area contributed by atoms with Crippen molar-refractivity contribution in [2.24, 2.45) is 9.98 Å². The summed E-state index contributed by atoms with van der Waals surface area (Å²) in [6.07, 6.45) is -1.99. The molecule has 0 spiro atoms. The van der Waals surface area contributed by atoms with Gasteiger partial charge in [0, 0.05) is 13.1 Å². The van der Waals surface area contributed by atoms with Crippen LogP contribution in [0.5, 0.6) is 0 Å². The molecule has 0 amide bonds. The molecule has 2 aliphatic rings. The Balaban J connectivity index is 1.82. The molecule has 4 nitrogen and oxygen atoms in total. The summed E-state index contributed by atoms with van der Waals surface area (Å²) in [5.41, 5.74) is -0.0188. The number of amidine groups is 1. The fraction of sp³-hybridized carbons (Fsp3) is 0.235. The van der Waals surface area contributed by atoms with Crippen LogP contribution in [0.4, 0.5) is 18.9 Å². The maximum absolute atomic E-state index is 13.8. The van der Waals surface area contributed by atoms with Gasteiger partial charge in [-0.05, 0) is 23.9 Å². The molecule has 9 heteroatoms. The molecule has 5 heterocycles. The summed E-state index contributed by atoms with van der Waals surface area (Å²) < 4.78 is 41.4. The van der Waals surface area contributed by atoms with E-state index in [1.165, 1.54) is 22.7 Å². The first-order chi connectivity index (χ1) is 12.5. The maximum Gasteiger partial charge on any atom is 0.417 e. The number of rotatable bonds is 1. The van der Waals surface area contributed by atoms with Crippen LogP contribution >= 0.6 is 22.7 Å². The predicted octanol–water partition coefficient (Wildman–Crippen LogP) is 5.17. The van der Waals surface area contributed by atoms with Crippen LogP contribution in [0.15, 0.2) is 33.6 Å². The normalized spacial score (nSPS) is 16.6. The number of hydrogen-bond donors (Lipinski definition) is 0. The van der Waals surface area contributed by atoms with Gasteiger partial charge in [0.1, 0.15) is 10.7 Å². The average Bonchev–Trinajstić information content (AvgIpc) is 3.27. The first kappa shape index (κ1) is 16.0. The van der Waals surface area contributed by atoms with E-state index in [0.717, 1.165) is 19.0 Å². The summed E-state index contributed by atoms with van der Waals surface area (Å²) in [5, 5.41) is 1.90. The van der Waals surface area contributed by atoms with Crippen LogP contribution in [0.2, 0.25) is 0 Å². The summed E-state index contributed by atoms with van der Waals surface area (Å²) in [4.78, 5) is 17.0. The number of nitrogens with zero attached hydrogens (tertiary/aromatic N) is 4. The monoisotopic (exact) mass is 392 g/mol. The summed E-state index contributed by atoms with van der Waals surface area (Å²) >= 11 is 2.60. The van der Waals surface area contributed by atoms with E-state index in [1.807, 2.05) is 10.3 Å². The van der Waals surface area contributed by atoms with E-state index < -0.39 is 11.7 Å². The number of thiophene rings is 2. The van der Waals surface area contributed by atoms with E-state index in [0.29, 0.717) is 38.3 Å². The van der Waals surface area contributed by atoms with Gasteiger partial charge in [-0.3, -0.25) is 4.99 Å². The van der Waals surface area contributed by atoms with Gasteiger partial charge in [-0.15, -0.1) is 22.7 Å². The molecule has 0 aliphatic carbocycles. The highest BCUT2D eigenvalue weighted by molar-refractivity contribution is 7.21. The van der Waals surface area contributed by atoms with Gasteiger partial charge in [0.2, 0.25) is 0 Å². The number of hydrogen-bond acceptors (Lipinski definition) is 6. The fourth-order valence-electron chi connectivity index (χ4n) is 3.20. The van der Waals surface area contributed by atoms with Gasteiger partial charge in [-0.2, -0.15) is 13.2 Å². The highest BCUT2D eigenvalue weighted by Crippen LogP contribution is 2.47. The third-order valence-corrected chi connectivity index (χ3v) is 6.30. The standard InChI is InChI=1S/C17H11F3N4S2/c18-17(19,20)9-7-10(11-3-1-6-25-11)23-16-12(9)13-14(26-16)15-21-4-2-5-24(15)8-22-13/h1,3,6-8H,2,4-5H2. The number of aliphatic imine (C=N–C) groups is 2. The third kappa shape index (κ3) is 2.38. The van der Waals surface area contributed by atoms with Crippen molar-refractivity contribution in [2.75, 3.05) is 13.1 Å². The molecular weight excluding hydrogens is 381 g/mol. The quantitative estimate of drug-likeness (QED) is 0.573. The van der Waals surface area contributed by atoms with Crippen LogP contribution < -0.4 is 0 Å². The largest absolute Gasteiger partial charge is 0.417 e. The molecule has 0 aromatic carbocycles. The molecule has 3 aromatic heterocycles. The van der Waals surface area contributed by atoms with Crippen LogP contribution in [0.3, 0.4) is 0 Å². The Hall–Kier alpha value is -2.26. The second kappa shape index (κ2) is 5.62. The van der Waals surface area contributed by atoms with Crippen molar-refractivity contribution in [1.82, 2.24) is 9.88 Å². The van der Waals surface area contributed by atoms with Crippen molar-refractivity contribution in [3.63, 3.8) is 0 Å². The zero-order valence-electron chi connectivity index (χ0n) is 13.2. The SMILES string of the molecule is FC(F)(F)c1cc(-c2cccs2)nc2sc3c(c12)N=CN1CCCN=C31. The number of fused-ring (bicyclic) bond motifs is 5. The Morgan fingerprint density at radius 1 is 1.23 bits per heavy atom. The van der Waals surface area contributed by atoms with Crippen molar-refractivity contribution in [3.8, 4) is 10.6 Å². The molecule has 0 saturated carbocycles. The first-order valence-electron chi connectivity index (χ1n) is 7.96. The highest BCUT2D eigenvalue weighted by atomic mass is 32.1. The average molecular weight is 392 g/mol. The fourth-order valence-corrected chi connectivity index (χ4v) is 5.05. The van der Waals surface area contributed by atoms with E-state index in [1.54, 1.807) is 18.5 Å². The van der Waals surface area contributed by atoms with E-state index in [4.69, 9.17) is 0 Å². The minimum atomic E-state index is -4.48.